The van der Waals surface area contributed by atoms with Crippen LogP contribution in [0.4, 0.5) is 0 Å². The van der Waals surface area contributed by atoms with Crippen LogP contribution >= 0.6 is 0 Å². The van der Waals surface area contributed by atoms with E-state index in [-0.39, 0.29) is 16.9 Å². The number of allylic oxidation sites excluding steroid dienone is 2. The number of benzene rings is 1. The van der Waals surface area contributed by atoms with Crippen molar-refractivity contribution in [3.05, 3.63) is 77.8 Å². The number of imide groups is 1. The van der Waals surface area contributed by atoms with E-state index in [0.717, 1.165) is 48.3 Å². The zero-order valence-corrected chi connectivity index (χ0v) is 19.6. The van der Waals surface area contributed by atoms with Gasteiger partial charge in [0.15, 0.2) is 0 Å². The third-order valence-electron chi connectivity index (χ3n) is 6.39. The molecule has 178 valence electrons. The molecule has 0 bridgehead atoms. The first kappa shape index (κ1) is 22.6. The molecule has 0 atom stereocenters. The predicted octanol–water partition coefficient (Wildman–Crippen LogP) is 3.54. The van der Waals surface area contributed by atoms with E-state index in [1.165, 1.54) is 0 Å². The van der Waals surface area contributed by atoms with Crippen molar-refractivity contribution in [1.29, 1.82) is 5.41 Å². The Labute approximate surface area is 203 Å². The van der Waals surface area contributed by atoms with Gasteiger partial charge in [0.25, 0.3) is 11.8 Å². The number of ether oxygens (including phenoxy) is 1. The number of para-hydroxylation sites is 1. The van der Waals surface area contributed by atoms with Crippen LogP contribution in [0, 0.1) is 5.41 Å². The highest BCUT2D eigenvalue weighted by molar-refractivity contribution is 6.46. The SMILES string of the molecule is CN1CCC/C1=C/C(=N)C1=C(c2cn(CCCOc3ccccc3)c3ncccc23)C(=O)NC1=O. The first-order valence-electron chi connectivity index (χ1n) is 11.8. The lowest BCUT2D eigenvalue weighted by molar-refractivity contribution is -0.123. The third kappa shape index (κ3) is 4.47. The van der Waals surface area contributed by atoms with Crippen molar-refractivity contribution in [2.75, 3.05) is 20.2 Å². The van der Waals surface area contributed by atoms with Crippen molar-refractivity contribution in [1.82, 2.24) is 19.8 Å². The molecule has 8 nitrogen and oxygen atoms in total. The molecule has 0 saturated carbocycles. The van der Waals surface area contributed by atoms with Gasteiger partial charge in [0, 0.05) is 49.2 Å². The number of rotatable bonds is 8. The van der Waals surface area contributed by atoms with Gasteiger partial charge in [-0.3, -0.25) is 20.3 Å². The predicted molar refractivity (Wildman–Crippen MR) is 134 cm³/mol. The number of carbonyl (C=O) groups is 2. The van der Waals surface area contributed by atoms with Crippen LogP contribution in [-0.2, 0) is 16.1 Å². The molecule has 2 aliphatic heterocycles. The van der Waals surface area contributed by atoms with E-state index in [1.807, 2.05) is 60.3 Å². The monoisotopic (exact) mass is 469 g/mol. The quantitative estimate of drug-likeness (QED) is 0.299. The van der Waals surface area contributed by atoms with Gasteiger partial charge in [-0.2, -0.15) is 0 Å². The molecule has 1 aromatic carbocycles. The normalized spacial score (nSPS) is 17.1. The summed E-state index contributed by atoms with van der Waals surface area (Å²) in [4.78, 5) is 32.3. The highest BCUT2D eigenvalue weighted by Gasteiger charge is 2.35. The molecular weight excluding hydrogens is 442 g/mol. The van der Waals surface area contributed by atoms with Gasteiger partial charge in [0.1, 0.15) is 11.4 Å². The fraction of sp³-hybridized carbons (Fsp3) is 0.259. The number of nitrogens with zero attached hydrogens (tertiary/aromatic N) is 3. The maximum Gasteiger partial charge on any atom is 0.261 e. The van der Waals surface area contributed by atoms with E-state index in [2.05, 4.69) is 15.2 Å². The minimum Gasteiger partial charge on any atom is -0.494 e. The summed E-state index contributed by atoms with van der Waals surface area (Å²) < 4.78 is 7.79. The summed E-state index contributed by atoms with van der Waals surface area (Å²) in [7, 11) is 1.97. The van der Waals surface area contributed by atoms with Gasteiger partial charge in [-0.15, -0.1) is 0 Å². The van der Waals surface area contributed by atoms with E-state index in [9.17, 15) is 9.59 Å². The van der Waals surface area contributed by atoms with Crippen molar-refractivity contribution in [2.24, 2.45) is 0 Å². The smallest absolute Gasteiger partial charge is 0.261 e. The van der Waals surface area contributed by atoms with Crippen molar-refractivity contribution in [2.45, 2.75) is 25.8 Å². The van der Waals surface area contributed by atoms with Gasteiger partial charge < -0.3 is 14.2 Å². The summed E-state index contributed by atoms with van der Waals surface area (Å²) in [5.41, 5.74) is 2.72. The first-order valence-corrected chi connectivity index (χ1v) is 11.8. The molecule has 8 heteroatoms. The second-order valence-corrected chi connectivity index (χ2v) is 8.73. The lowest BCUT2D eigenvalue weighted by atomic mass is 9.98. The maximum absolute atomic E-state index is 12.9. The summed E-state index contributed by atoms with van der Waals surface area (Å²) in [6.07, 6.45) is 7.88. The third-order valence-corrected chi connectivity index (χ3v) is 6.39. The van der Waals surface area contributed by atoms with Gasteiger partial charge in [0.2, 0.25) is 0 Å². The van der Waals surface area contributed by atoms with Crippen LogP contribution in [0.25, 0.3) is 16.6 Å². The Morgan fingerprint density at radius 3 is 2.77 bits per heavy atom. The Hall–Kier alpha value is -4.20. The number of fused-ring (bicyclic) bond motifs is 1. The highest BCUT2D eigenvalue weighted by atomic mass is 16.5. The Balaban J connectivity index is 1.46. The molecule has 1 saturated heterocycles. The van der Waals surface area contributed by atoms with Crippen LogP contribution in [-0.4, -0.2) is 52.2 Å². The molecule has 0 unspecified atom stereocenters. The number of hydrogen-bond donors (Lipinski definition) is 2. The number of aromatic nitrogens is 2. The number of hydrogen-bond acceptors (Lipinski definition) is 6. The number of aryl methyl sites for hydroxylation is 1. The molecular formula is C27H27N5O3. The van der Waals surface area contributed by atoms with Crippen LogP contribution in [0.1, 0.15) is 24.8 Å². The summed E-state index contributed by atoms with van der Waals surface area (Å²) in [5.74, 6) is -0.197. The number of likely N-dealkylation sites (tertiary alicyclic amines) is 1. The molecule has 1 fully saturated rings. The summed E-state index contributed by atoms with van der Waals surface area (Å²) in [6, 6.07) is 13.3. The first-order chi connectivity index (χ1) is 17.0. The van der Waals surface area contributed by atoms with Crippen LogP contribution in [0.15, 0.2) is 72.2 Å². The van der Waals surface area contributed by atoms with Crippen LogP contribution in [0.3, 0.4) is 0 Å². The summed E-state index contributed by atoms with van der Waals surface area (Å²) in [6.45, 7) is 2.08. The Kier molecular flexibility index (Phi) is 6.18. The Morgan fingerprint density at radius 2 is 2.00 bits per heavy atom. The molecule has 2 aromatic heterocycles. The lowest BCUT2D eigenvalue weighted by Gasteiger charge is -2.12. The van der Waals surface area contributed by atoms with Crippen molar-refractivity contribution >= 4 is 34.1 Å². The summed E-state index contributed by atoms with van der Waals surface area (Å²) in [5, 5.41) is 11.8. The minimum absolute atomic E-state index is 0.0492. The number of pyridine rings is 1. The molecule has 0 spiro atoms. The van der Waals surface area contributed by atoms with E-state index < -0.39 is 11.8 Å². The average Bonchev–Trinajstić information content (AvgIpc) is 3.52. The zero-order valence-electron chi connectivity index (χ0n) is 19.6. The van der Waals surface area contributed by atoms with Crippen LogP contribution < -0.4 is 10.1 Å². The van der Waals surface area contributed by atoms with Gasteiger partial charge in [-0.05, 0) is 49.6 Å². The minimum atomic E-state index is -0.534. The standard InChI is InChI=1S/C27H27N5O3/c1-31-13-6-8-18(31)16-22(28)24-23(26(33)30-27(24)34)21-17-32(25-20(21)11-5-12-29-25)14-7-15-35-19-9-3-2-4-10-19/h2-5,9-12,16-17,28H,6-8,13-15H2,1H3,(H,30,33,34)/b18-16-,28-22?. The van der Waals surface area contributed by atoms with Gasteiger partial charge in [-0.1, -0.05) is 18.2 Å². The molecule has 2 N–H and O–H groups in total. The number of amides is 2. The number of carbonyl (C=O) groups excluding carboxylic acids is 2. The molecule has 5 rings (SSSR count). The number of nitrogens with one attached hydrogen (secondary N) is 2. The van der Waals surface area contributed by atoms with Gasteiger partial charge in [-0.25, -0.2) is 4.98 Å². The molecule has 2 amide bonds. The Bertz CT molecular complexity index is 1370. The van der Waals surface area contributed by atoms with Crippen LogP contribution in [0.2, 0.25) is 0 Å². The Morgan fingerprint density at radius 1 is 1.17 bits per heavy atom. The topological polar surface area (TPSA) is 100 Å². The summed E-state index contributed by atoms with van der Waals surface area (Å²) >= 11 is 0. The van der Waals surface area contributed by atoms with Crippen molar-refractivity contribution in [3.63, 3.8) is 0 Å². The molecule has 35 heavy (non-hydrogen) atoms. The highest BCUT2D eigenvalue weighted by Crippen LogP contribution is 2.32. The van der Waals surface area contributed by atoms with Gasteiger partial charge in [0.05, 0.1) is 23.5 Å². The maximum atomic E-state index is 12.9. The second kappa shape index (κ2) is 9.58. The fourth-order valence-electron chi connectivity index (χ4n) is 4.66. The molecule has 4 heterocycles. The molecule has 0 aliphatic carbocycles. The van der Waals surface area contributed by atoms with E-state index in [4.69, 9.17) is 10.1 Å². The zero-order chi connectivity index (χ0) is 24.4. The van der Waals surface area contributed by atoms with Crippen LogP contribution in [0.5, 0.6) is 5.75 Å². The van der Waals surface area contributed by atoms with E-state index >= 15 is 0 Å². The molecule has 0 radical (unpaired) electrons. The van der Waals surface area contributed by atoms with Crippen molar-refractivity contribution < 1.29 is 14.3 Å². The molecule has 2 aliphatic rings. The second-order valence-electron chi connectivity index (χ2n) is 8.73. The van der Waals surface area contributed by atoms with Crippen molar-refractivity contribution in [3.8, 4) is 5.75 Å². The average molecular weight is 470 g/mol. The molecule has 3 aromatic rings. The lowest BCUT2D eigenvalue weighted by Crippen LogP contribution is -2.24. The van der Waals surface area contributed by atoms with E-state index in [0.29, 0.717) is 18.7 Å². The van der Waals surface area contributed by atoms with E-state index in [1.54, 1.807) is 12.3 Å². The fourth-order valence-corrected chi connectivity index (χ4v) is 4.66. The van der Waals surface area contributed by atoms with Gasteiger partial charge >= 0.3 is 0 Å². The largest absolute Gasteiger partial charge is 0.494 e.